The number of fused-ring (bicyclic) bond motifs is 2. The first-order chi connectivity index (χ1) is 14.1. The van der Waals surface area contributed by atoms with Crippen molar-refractivity contribution >= 4 is 12.0 Å². The second kappa shape index (κ2) is 7.14. The number of carboxylic acid groups (broad SMARTS) is 1. The lowest BCUT2D eigenvalue weighted by Crippen LogP contribution is -2.50. The van der Waals surface area contributed by atoms with Gasteiger partial charge in [-0.3, -0.25) is 0 Å². The average molecular weight is 388 g/mol. The molecule has 1 saturated carbocycles. The molecule has 1 saturated heterocycles. The van der Waals surface area contributed by atoms with E-state index in [4.69, 9.17) is 5.11 Å². The fourth-order valence-corrected chi connectivity index (χ4v) is 6.04. The number of nitrogens with zero attached hydrogens (tertiary/aromatic N) is 1. The SMILES string of the molecule is CC1CN(C2CCC(c3ccc(C(=O)O)cc3)C2)CCC12C=Cc1ccccc12. The van der Waals surface area contributed by atoms with Gasteiger partial charge in [0, 0.05) is 18.0 Å². The lowest BCUT2D eigenvalue weighted by molar-refractivity contribution is 0.0697. The predicted octanol–water partition coefficient (Wildman–Crippen LogP) is 5.33. The van der Waals surface area contributed by atoms with E-state index in [2.05, 4.69) is 48.2 Å². The third-order valence-electron chi connectivity index (χ3n) is 7.77. The molecule has 2 aromatic rings. The molecule has 1 aliphatic heterocycles. The van der Waals surface area contributed by atoms with Crippen LogP contribution in [0, 0.1) is 5.92 Å². The van der Waals surface area contributed by atoms with E-state index in [1.807, 2.05) is 12.1 Å². The number of likely N-dealkylation sites (tertiary alicyclic amines) is 1. The van der Waals surface area contributed by atoms with Crippen LogP contribution in [0.4, 0.5) is 0 Å². The van der Waals surface area contributed by atoms with Crippen LogP contribution in [0.3, 0.4) is 0 Å². The Morgan fingerprint density at radius 3 is 2.66 bits per heavy atom. The van der Waals surface area contributed by atoms with E-state index >= 15 is 0 Å². The number of rotatable bonds is 3. The first-order valence-corrected chi connectivity index (χ1v) is 10.9. The molecule has 4 atom stereocenters. The highest BCUT2D eigenvalue weighted by Crippen LogP contribution is 2.48. The number of benzene rings is 2. The number of aromatic carboxylic acids is 1. The molecule has 1 N–H and O–H groups in total. The normalized spacial score (nSPS) is 31.3. The van der Waals surface area contributed by atoms with Crippen LogP contribution in [0.2, 0.25) is 0 Å². The molecule has 150 valence electrons. The Labute approximate surface area is 173 Å². The van der Waals surface area contributed by atoms with Gasteiger partial charge in [-0.25, -0.2) is 4.79 Å². The van der Waals surface area contributed by atoms with Gasteiger partial charge in [-0.15, -0.1) is 0 Å². The van der Waals surface area contributed by atoms with Gasteiger partial charge in [-0.1, -0.05) is 55.5 Å². The lowest BCUT2D eigenvalue weighted by atomic mass is 9.68. The average Bonchev–Trinajstić information content (AvgIpc) is 3.37. The molecule has 1 heterocycles. The molecule has 2 fully saturated rings. The fourth-order valence-electron chi connectivity index (χ4n) is 6.04. The van der Waals surface area contributed by atoms with Gasteiger partial charge in [0.25, 0.3) is 0 Å². The number of hydrogen-bond acceptors (Lipinski definition) is 2. The summed E-state index contributed by atoms with van der Waals surface area (Å²) in [5, 5.41) is 9.12. The quantitative estimate of drug-likeness (QED) is 0.774. The zero-order chi connectivity index (χ0) is 20.0. The van der Waals surface area contributed by atoms with Crippen LogP contribution in [0.25, 0.3) is 6.08 Å². The van der Waals surface area contributed by atoms with Crippen LogP contribution in [-0.2, 0) is 5.41 Å². The summed E-state index contributed by atoms with van der Waals surface area (Å²) in [5.74, 6) is 0.325. The van der Waals surface area contributed by atoms with Crippen molar-refractivity contribution in [2.75, 3.05) is 13.1 Å². The summed E-state index contributed by atoms with van der Waals surface area (Å²) in [5.41, 5.74) is 4.82. The topological polar surface area (TPSA) is 40.5 Å². The largest absolute Gasteiger partial charge is 0.478 e. The van der Waals surface area contributed by atoms with Crippen LogP contribution in [0.15, 0.2) is 54.6 Å². The highest BCUT2D eigenvalue weighted by molar-refractivity contribution is 5.87. The summed E-state index contributed by atoms with van der Waals surface area (Å²) in [6, 6.07) is 17.1. The minimum absolute atomic E-state index is 0.220. The minimum atomic E-state index is -0.848. The molecular weight excluding hydrogens is 358 g/mol. The first kappa shape index (κ1) is 18.6. The van der Waals surface area contributed by atoms with Crippen LogP contribution >= 0.6 is 0 Å². The van der Waals surface area contributed by atoms with Crippen LogP contribution in [0.1, 0.15) is 65.6 Å². The van der Waals surface area contributed by atoms with Crippen molar-refractivity contribution in [3.05, 3.63) is 76.9 Å². The minimum Gasteiger partial charge on any atom is -0.478 e. The molecule has 0 aromatic heterocycles. The molecule has 3 nitrogen and oxygen atoms in total. The van der Waals surface area contributed by atoms with Gasteiger partial charge < -0.3 is 10.0 Å². The maximum Gasteiger partial charge on any atom is 0.335 e. The van der Waals surface area contributed by atoms with Crippen LogP contribution in [-0.4, -0.2) is 35.1 Å². The summed E-state index contributed by atoms with van der Waals surface area (Å²) in [6.07, 6.45) is 9.65. The summed E-state index contributed by atoms with van der Waals surface area (Å²) in [6.45, 7) is 4.75. The second-order valence-electron chi connectivity index (χ2n) is 9.20. The van der Waals surface area contributed by atoms with Crippen molar-refractivity contribution in [2.24, 2.45) is 5.92 Å². The van der Waals surface area contributed by atoms with Crippen molar-refractivity contribution in [1.29, 1.82) is 0 Å². The molecule has 5 rings (SSSR count). The van der Waals surface area contributed by atoms with Crippen molar-refractivity contribution in [2.45, 2.75) is 50.0 Å². The zero-order valence-corrected chi connectivity index (χ0v) is 17.1. The van der Waals surface area contributed by atoms with Crippen molar-refractivity contribution in [1.82, 2.24) is 4.90 Å². The lowest BCUT2D eigenvalue weighted by Gasteiger charge is -2.46. The van der Waals surface area contributed by atoms with Gasteiger partial charge in [0.05, 0.1) is 5.56 Å². The third-order valence-corrected chi connectivity index (χ3v) is 7.77. The molecule has 3 heteroatoms. The van der Waals surface area contributed by atoms with Gasteiger partial charge in [0.15, 0.2) is 0 Å². The second-order valence-corrected chi connectivity index (χ2v) is 9.20. The van der Waals surface area contributed by atoms with E-state index in [0.717, 1.165) is 6.54 Å². The van der Waals surface area contributed by atoms with Gasteiger partial charge in [0.1, 0.15) is 0 Å². The Morgan fingerprint density at radius 1 is 1.10 bits per heavy atom. The van der Waals surface area contributed by atoms with Crippen LogP contribution in [0.5, 0.6) is 0 Å². The monoisotopic (exact) mass is 387 g/mol. The summed E-state index contributed by atoms with van der Waals surface area (Å²) in [4.78, 5) is 13.8. The Hall–Kier alpha value is -2.39. The number of carbonyl (C=O) groups is 1. The summed E-state index contributed by atoms with van der Waals surface area (Å²) in [7, 11) is 0. The molecule has 2 aromatic carbocycles. The molecule has 0 radical (unpaired) electrons. The Bertz CT molecular complexity index is 947. The standard InChI is InChI=1S/C26H29NO2/c1-18-17-27(15-14-26(18)13-12-20-4-2-3-5-24(20)26)23-11-10-22(16-23)19-6-8-21(9-7-19)25(28)29/h2-9,12-13,18,22-23H,10-11,14-17H2,1H3,(H,28,29). The highest BCUT2D eigenvalue weighted by atomic mass is 16.4. The maximum absolute atomic E-state index is 11.1. The van der Waals surface area contributed by atoms with E-state index in [9.17, 15) is 4.79 Å². The van der Waals surface area contributed by atoms with E-state index in [0.29, 0.717) is 23.4 Å². The number of allylic oxidation sites excluding steroid dienone is 1. The fraction of sp³-hybridized carbons (Fsp3) is 0.423. The molecule has 0 bridgehead atoms. The number of carboxylic acids is 1. The Balaban J connectivity index is 1.26. The number of piperidine rings is 1. The third kappa shape index (κ3) is 3.12. The Morgan fingerprint density at radius 2 is 1.90 bits per heavy atom. The predicted molar refractivity (Wildman–Crippen MR) is 116 cm³/mol. The van der Waals surface area contributed by atoms with Gasteiger partial charge in [-0.05, 0) is 72.9 Å². The summed E-state index contributed by atoms with van der Waals surface area (Å²) < 4.78 is 0. The van der Waals surface area contributed by atoms with Crippen molar-refractivity contribution in [3.63, 3.8) is 0 Å². The smallest absolute Gasteiger partial charge is 0.335 e. The van der Waals surface area contributed by atoms with Gasteiger partial charge >= 0.3 is 5.97 Å². The van der Waals surface area contributed by atoms with E-state index in [-0.39, 0.29) is 5.41 Å². The molecule has 29 heavy (non-hydrogen) atoms. The van der Waals surface area contributed by atoms with Crippen LogP contribution < -0.4 is 0 Å². The van der Waals surface area contributed by atoms with Crippen molar-refractivity contribution in [3.8, 4) is 0 Å². The van der Waals surface area contributed by atoms with Gasteiger partial charge in [0.2, 0.25) is 0 Å². The molecule has 0 amide bonds. The maximum atomic E-state index is 11.1. The Kier molecular flexibility index (Phi) is 4.59. The zero-order valence-electron chi connectivity index (χ0n) is 17.1. The van der Waals surface area contributed by atoms with E-state index < -0.39 is 5.97 Å². The highest BCUT2D eigenvalue weighted by Gasteiger charge is 2.45. The van der Waals surface area contributed by atoms with Gasteiger partial charge in [-0.2, -0.15) is 0 Å². The molecule has 4 unspecified atom stereocenters. The molecule has 3 aliphatic rings. The van der Waals surface area contributed by atoms with E-state index in [1.165, 1.54) is 48.9 Å². The number of hydrogen-bond donors (Lipinski definition) is 1. The first-order valence-electron chi connectivity index (χ1n) is 10.9. The summed E-state index contributed by atoms with van der Waals surface area (Å²) >= 11 is 0. The molecule has 1 spiro atoms. The molecular formula is C26H29NO2. The van der Waals surface area contributed by atoms with E-state index in [1.54, 1.807) is 12.1 Å². The molecule has 2 aliphatic carbocycles. The van der Waals surface area contributed by atoms with Crippen molar-refractivity contribution < 1.29 is 9.90 Å².